The van der Waals surface area contributed by atoms with Crippen LogP contribution in [0, 0.1) is 22.9 Å². The number of carbonyl (C=O) groups is 1. The van der Waals surface area contributed by atoms with E-state index >= 15 is 0 Å². The molecule has 0 rings (SSSR count). The van der Waals surface area contributed by atoms with E-state index < -0.39 is 5.97 Å². The van der Waals surface area contributed by atoms with Crippen LogP contribution in [0.3, 0.4) is 0 Å². The molecule has 0 spiro atoms. The van der Waals surface area contributed by atoms with Gasteiger partial charge in [0.25, 0.3) is 6.26 Å². The highest BCUT2D eigenvalue weighted by atomic mass is 16.5. The van der Waals surface area contributed by atoms with Gasteiger partial charge in [-0.1, -0.05) is 26.8 Å². The van der Waals surface area contributed by atoms with Crippen molar-refractivity contribution in [2.45, 2.75) is 27.2 Å². The van der Waals surface area contributed by atoms with Crippen molar-refractivity contribution in [3.05, 3.63) is 12.7 Å². The number of hydrogen-bond acceptors (Lipinski definition) is 3. The summed E-state index contributed by atoms with van der Waals surface area (Å²) >= 11 is 0. The molecular weight excluding hydrogens is 166 g/mol. The average molecular weight is 181 g/mol. The smallest absolute Gasteiger partial charge is 0.325 e. The lowest BCUT2D eigenvalue weighted by molar-refractivity contribution is -0.144. The van der Waals surface area contributed by atoms with Gasteiger partial charge >= 0.3 is 5.97 Å². The Bertz CT molecular complexity index is 238. The number of ether oxygens (including phenoxy) is 1. The molecule has 0 aromatic heterocycles. The molecule has 1 unspecified atom stereocenters. The third-order valence-electron chi connectivity index (χ3n) is 2.26. The average Bonchev–Trinajstić information content (AvgIpc) is 2.05. The van der Waals surface area contributed by atoms with Crippen LogP contribution in [-0.4, -0.2) is 5.97 Å². The standard InChI is InChI=1S/C10H15NO2/c1-5-8(9(12)13-7-11)10(3,4)6-2/h6,8H,2,5H2,1,3-4H3. The van der Waals surface area contributed by atoms with Gasteiger partial charge in [-0.15, -0.1) is 11.8 Å². The van der Waals surface area contributed by atoms with Gasteiger partial charge in [0.2, 0.25) is 0 Å². The number of rotatable bonds is 4. The Labute approximate surface area is 79.0 Å². The van der Waals surface area contributed by atoms with Crippen molar-refractivity contribution in [1.29, 1.82) is 5.26 Å². The molecule has 0 fully saturated rings. The molecule has 3 nitrogen and oxygen atoms in total. The van der Waals surface area contributed by atoms with Gasteiger partial charge in [-0.3, -0.25) is 4.79 Å². The summed E-state index contributed by atoms with van der Waals surface area (Å²) in [5, 5.41) is 8.20. The lowest BCUT2D eigenvalue weighted by atomic mass is 9.77. The summed E-state index contributed by atoms with van der Waals surface area (Å²) in [5.74, 6) is -0.778. The molecule has 0 aliphatic heterocycles. The Hall–Kier alpha value is -1.30. The molecule has 0 N–H and O–H groups in total. The Morgan fingerprint density at radius 2 is 2.31 bits per heavy atom. The van der Waals surface area contributed by atoms with Crippen LogP contribution in [-0.2, 0) is 9.53 Å². The normalized spacial score (nSPS) is 12.8. The zero-order valence-corrected chi connectivity index (χ0v) is 8.33. The lowest BCUT2D eigenvalue weighted by Crippen LogP contribution is -2.29. The predicted octanol–water partition coefficient (Wildman–Crippen LogP) is 2.25. The van der Waals surface area contributed by atoms with Crippen molar-refractivity contribution < 1.29 is 9.53 Å². The fourth-order valence-electron chi connectivity index (χ4n) is 1.25. The van der Waals surface area contributed by atoms with Crippen LogP contribution in [0.1, 0.15) is 27.2 Å². The largest absolute Gasteiger partial charge is 0.351 e. The first-order valence-electron chi connectivity index (χ1n) is 4.23. The number of allylic oxidation sites excluding steroid dienone is 1. The number of nitriles is 1. The van der Waals surface area contributed by atoms with Crippen molar-refractivity contribution in [2.75, 3.05) is 0 Å². The molecule has 0 aromatic rings. The quantitative estimate of drug-likeness (QED) is 0.379. The molecule has 0 aliphatic rings. The van der Waals surface area contributed by atoms with Crippen LogP contribution in [0.5, 0.6) is 0 Å². The predicted molar refractivity (Wildman–Crippen MR) is 49.5 cm³/mol. The van der Waals surface area contributed by atoms with Crippen LogP contribution in [0.15, 0.2) is 12.7 Å². The zero-order valence-electron chi connectivity index (χ0n) is 8.33. The minimum atomic E-state index is -0.477. The minimum Gasteiger partial charge on any atom is -0.351 e. The van der Waals surface area contributed by atoms with Gasteiger partial charge < -0.3 is 4.74 Å². The Morgan fingerprint density at radius 1 is 1.77 bits per heavy atom. The fourth-order valence-corrected chi connectivity index (χ4v) is 1.25. The molecule has 0 saturated heterocycles. The van der Waals surface area contributed by atoms with Crippen molar-refractivity contribution in [2.24, 2.45) is 11.3 Å². The van der Waals surface area contributed by atoms with E-state index in [0.29, 0.717) is 6.42 Å². The van der Waals surface area contributed by atoms with Crippen LogP contribution >= 0.6 is 0 Å². The number of nitrogens with zero attached hydrogens (tertiary/aromatic N) is 1. The summed E-state index contributed by atoms with van der Waals surface area (Å²) in [7, 11) is 0. The van der Waals surface area contributed by atoms with Crippen LogP contribution in [0.2, 0.25) is 0 Å². The van der Waals surface area contributed by atoms with E-state index in [9.17, 15) is 4.79 Å². The minimum absolute atomic E-state index is 0.301. The SMILES string of the molecule is C=CC(C)(C)C(CC)C(=O)OC#N. The molecule has 1 atom stereocenters. The maximum Gasteiger partial charge on any atom is 0.325 e. The molecule has 0 bridgehead atoms. The van der Waals surface area contributed by atoms with Crippen molar-refractivity contribution in [3.8, 4) is 6.26 Å². The second kappa shape index (κ2) is 4.66. The Balaban J connectivity index is 4.61. The highest BCUT2D eigenvalue weighted by Gasteiger charge is 2.32. The molecule has 13 heavy (non-hydrogen) atoms. The molecule has 0 heterocycles. The van der Waals surface area contributed by atoms with Gasteiger partial charge in [0.1, 0.15) is 0 Å². The van der Waals surface area contributed by atoms with E-state index in [-0.39, 0.29) is 11.3 Å². The number of esters is 1. The summed E-state index contributed by atoms with van der Waals surface area (Å²) in [6, 6.07) is 0. The molecule has 0 aliphatic carbocycles. The van der Waals surface area contributed by atoms with Gasteiger partial charge in [-0.25, -0.2) is 0 Å². The third-order valence-corrected chi connectivity index (χ3v) is 2.26. The van der Waals surface area contributed by atoms with Crippen molar-refractivity contribution in [1.82, 2.24) is 0 Å². The highest BCUT2D eigenvalue weighted by molar-refractivity contribution is 5.74. The maximum absolute atomic E-state index is 11.3. The molecule has 0 radical (unpaired) electrons. The second-order valence-corrected chi connectivity index (χ2v) is 3.50. The molecule has 72 valence electrons. The van der Waals surface area contributed by atoms with Gasteiger partial charge in [-0.2, -0.15) is 0 Å². The van der Waals surface area contributed by atoms with Crippen LogP contribution in [0.25, 0.3) is 0 Å². The van der Waals surface area contributed by atoms with Crippen LogP contribution in [0.4, 0.5) is 0 Å². The summed E-state index contributed by atoms with van der Waals surface area (Å²) < 4.78 is 4.30. The Morgan fingerprint density at radius 3 is 2.62 bits per heavy atom. The molecule has 0 saturated carbocycles. The van der Waals surface area contributed by atoms with Gasteiger partial charge in [0, 0.05) is 0 Å². The fraction of sp³-hybridized carbons (Fsp3) is 0.600. The molecule has 0 amide bonds. The topological polar surface area (TPSA) is 50.1 Å². The monoisotopic (exact) mass is 181 g/mol. The second-order valence-electron chi connectivity index (χ2n) is 3.50. The first-order chi connectivity index (χ1) is 5.99. The van der Waals surface area contributed by atoms with E-state index in [4.69, 9.17) is 5.26 Å². The maximum atomic E-state index is 11.3. The van der Waals surface area contributed by atoms with Crippen molar-refractivity contribution >= 4 is 5.97 Å². The Kier molecular flexibility index (Phi) is 4.19. The van der Waals surface area contributed by atoms with Crippen molar-refractivity contribution in [3.63, 3.8) is 0 Å². The molecule has 3 heteroatoms. The van der Waals surface area contributed by atoms with Gasteiger partial charge in [0.15, 0.2) is 0 Å². The summed E-state index contributed by atoms with van der Waals surface area (Å²) in [6.07, 6.45) is 3.74. The lowest BCUT2D eigenvalue weighted by Gasteiger charge is -2.27. The van der Waals surface area contributed by atoms with E-state index in [1.165, 1.54) is 6.26 Å². The summed E-state index contributed by atoms with van der Waals surface area (Å²) in [5.41, 5.74) is -0.331. The molecular formula is C10H15NO2. The van der Waals surface area contributed by atoms with E-state index in [1.807, 2.05) is 20.8 Å². The number of hydrogen-bond donors (Lipinski definition) is 0. The summed E-state index contributed by atoms with van der Waals surface area (Å²) in [4.78, 5) is 11.3. The van der Waals surface area contributed by atoms with Gasteiger partial charge in [0.05, 0.1) is 5.92 Å². The van der Waals surface area contributed by atoms with E-state index in [1.54, 1.807) is 6.08 Å². The zero-order chi connectivity index (χ0) is 10.5. The molecule has 0 aromatic carbocycles. The number of carbonyl (C=O) groups excluding carboxylic acids is 1. The van der Waals surface area contributed by atoms with E-state index in [0.717, 1.165) is 0 Å². The first-order valence-corrected chi connectivity index (χ1v) is 4.23. The summed E-state index contributed by atoms with van der Waals surface area (Å²) in [6.45, 7) is 9.33. The van der Waals surface area contributed by atoms with E-state index in [2.05, 4.69) is 11.3 Å². The van der Waals surface area contributed by atoms with Crippen LogP contribution < -0.4 is 0 Å². The third kappa shape index (κ3) is 2.90. The first kappa shape index (κ1) is 11.7. The highest BCUT2D eigenvalue weighted by Crippen LogP contribution is 2.31. The van der Waals surface area contributed by atoms with Gasteiger partial charge in [-0.05, 0) is 11.8 Å².